The van der Waals surface area contributed by atoms with E-state index in [0.717, 1.165) is 63.4 Å². The largest absolute Gasteiger partial charge is 0.458 e. The van der Waals surface area contributed by atoms with Gasteiger partial charge in [0, 0.05) is 11.5 Å². The van der Waals surface area contributed by atoms with Crippen molar-refractivity contribution in [3.05, 3.63) is 11.6 Å². The first kappa shape index (κ1) is 35.2. The predicted octanol–water partition coefficient (Wildman–Crippen LogP) is 0.280. The SMILES string of the molecule is C[C@H]1O[C@@H](O[C@H]2CC[C@@]3(C)[C@@H](CC[C@@H]4[C@@H]3CC[C@]3(C)[C@H](C5=CC(=O)OC5)CC[C@]43O)C2)[C@H](O[C@@H]2O[C@H](CO)[C@@H](O)[C@H](O)[C@H]2O)[C@@H](O)[C@H]1O. The molecule has 4 aliphatic carbocycles. The summed E-state index contributed by atoms with van der Waals surface area (Å²) in [5.41, 5.74) is -0.0628. The van der Waals surface area contributed by atoms with Gasteiger partial charge in [-0.2, -0.15) is 0 Å². The summed E-state index contributed by atoms with van der Waals surface area (Å²) in [4.78, 5) is 11.9. The van der Waals surface area contributed by atoms with E-state index in [4.69, 9.17) is 23.7 Å². The van der Waals surface area contributed by atoms with Crippen molar-refractivity contribution in [2.45, 2.75) is 152 Å². The molecule has 0 spiro atoms. The van der Waals surface area contributed by atoms with Crippen molar-refractivity contribution in [1.29, 1.82) is 0 Å². The number of aliphatic hydroxyl groups is 7. The highest BCUT2D eigenvalue weighted by Crippen LogP contribution is 2.70. The number of cyclic esters (lactones) is 1. The van der Waals surface area contributed by atoms with Crippen molar-refractivity contribution in [2.75, 3.05) is 13.2 Å². The summed E-state index contributed by atoms with van der Waals surface area (Å²) in [6, 6.07) is 0. The van der Waals surface area contributed by atoms with E-state index >= 15 is 0 Å². The molecule has 0 aromatic rings. The minimum absolute atomic E-state index is 0.00623. The average molecular weight is 683 g/mol. The van der Waals surface area contributed by atoms with Crippen LogP contribution in [0.3, 0.4) is 0 Å². The molecule has 0 aromatic carbocycles. The summed E-state index contributed by atoms with van der Waals surface area (Å²) in [6.45, 7) is 5.92. The Labute approximate surface area is 281 Å². The highest BCUT2D eigenvalue weighted by Gasteiger charge is 2.68. The molecule has 4 saturated carbocycles. The van der Waals surface area contributed by atoms with Gasteiger partial charge in [0.2, 0.25) is 0 Å². The van der Waals surface area contributed by atoms with Crippen LogP contribution in [0.15, 0.2) is 11.6 Å². The number of carbonyl (C=O) groups excluding carboxylic acids is 1. The topological polar surface area (TPSA) is 205 Å². The Kier molecular flexibility index (Phi) is 9.36. The molecule has 272 valence electrons. The van der Waals surface area contributed by atoms with Crippen LogP contribution in [0.25, 0.3) is 0 Å². The molecule has 7 N–H and O–H groups in total. The maximum Gasteiger partial charge on any atom is 0.331 e. The summed E-state index contributed by atoms with van der Waals surface area (Å²) < 4.78 is 29.2. The monoisotopic (exact) mass is 682 g/mol. The van der Waals surface area contributed by atoms with Gasteiger partial charge in [0.1, 0.15) is 49.3 Å². The summed E-state index contributed by atoms with van der Waals surface area (Å²) in [5.74, 6) is 0.737. The van der Waals surface area contributed by atoms with Gasteiger partial charge in [0.25, 0.3) is 0 Å². The van der Waals surface area contributed by atoms with Gasteiger partial charge in [-0.1, -0.05) is 13.8 Å². The first-order chi connectivity index (χ1) is 22.7. The van der Waals surface area contributed by atoms with Crippen LogP contribution in [0.2, 0.25) is 0 Å². The molecule has 13 heteroatoms. The van der Waals surface area contributed by atoms with E-state index in [1.807, 2.05) is 0 Å². The Morgan fingerprint density at radius 1 is 0.833 bits per heavy atom. The van der Waals surface area contributed by atoms with Crippen LogP contribution in [0.5, 0.6) is 0 Å². The molecule has 0 unspecified atom stereocenters. The predicted molar refractivity (Wildman–Crippen MR) is 166 cm³/mol. The van der Waals surface area contributed by atoms with Gasteiger partial charge in [0.05, 0.1) is 24.4 Å². The smallest absolute Gasteiger partial charge is 0.331 e. The number of esters is 1. The van der Waals surface area contributed by atoms with Gasteiger partial charge < -0.3 is 59.4 Å². The van der Waals surface area contributed by atoms with Gasteiger partial charge in [-0.25, -0.2) is 4.79 Å². The van der Waals surface area contributed by atoms with Crippen LogP contribution in [0.4, 0.5) is 0 Å². The quantitative estimate of drug-likeness (QED) is 0.149. The van der Waals surface area contributed by atoms with E-state index < -0.39 is 73.6 Å². The van der Waals surface area contributed by atoms with E-state index in [1.54, 1.807) is 13.0 Å². The molecule has 7 aliphatic rings. The first-order valence-corrected chi connectivity index (χ1v) is 17.9. The van der Waals surface area contributed by atoms with Crippen LogP contribution in [0.1, 0.15) is 78.6 Å². The molecular formula is C35H54O13. The van der Waals surface area contributed by atoms with Crippen LogP contribution >= 0.6 is 0 Å². The maximum atomic E-state index is 12.5. The average Bonchev–Trinajstić information content (AvgIpc) is 3.61. The van der Waals surface area contributed by atoms with Crippen LogP contribution < -0.4 is 0 Å². The van der Waals surface area contributed by atoms with E-state index in [2.05, 4.69) is 13.8 Å². The second-order valence-electron chi connectivity index (χ2n) is 16.3. The Bertz CT molecular complexity index is 1240. The van der Waals surface area contributed by atoms with Gasteiger partial charge in [-0.15, -0.1) is 0 Å². The Morgan fingerprint density at radius 3 is 2.31 bits per heavy atom. The third-order valence-corrected chi connectivity index (χ3v) is 14.2. The van der Waals surface area contributed by atoms with Crippen molar-refractivity contribution < 1.29 is 64.2 Å². The van der Waals surface area contributed by atoms with Gasteiger partial charge in [0.15, 0.2) is 12.6 Å². The number of carbonyl (C=O) groups is 1. The zero-order valence-electron chi connectivity index (χ0n) is 28.1. The number of rotatable bonds is 6. The van der Waals surface area contributed by atoms with Crippen molar-refractivity contribution in [1.82, 2.24) is 0 Å². The Hall–Kier alpha value is -1.23. The van der Waals surface area contributed by atoms with Crippen molar-refractivity contribution in [2.24, 2.45) is 34.5 Å². The summed E-state index contributed by atoms with van der Waals surface area (Å²) in [6.07, 6.45) is -4.50. The molecule has 0 aromatic heterocycles. The standard InChI is InChI=1S/C35H54O13/c1-16-25(38)28(41)30(48-31-29(42)27(40)26(39)23(14-36)47-31)32(45-16)46-19-6-9-33(2)18(13-19)4-5-22-21(33)7-10-34(3)20(8-11-35(22,34)43)17-12-24(37)44-15-17/h12,16,18-23,25-32,36,38-43H,4-11,13-15H2,1-3H3/t16-,18+,19+,20+,21+,22-,23-,25+,26-,27+,28+,29-,30-,31+,32+,33+,34-,35+/m1/s1. The highest BCUT2D eigenvalue weighted by atomic mass is 16.8. The second kappa shape index (κ2) is 12.8. The van der Waals surface area contributed by atoms with E-state index in [1.165, 1.54) is 0 Å². The van der Waals surface area contributed by atoms with Gasteiger partial charge >= 0.3 is 5.97 Å². The number of ether oxygens (including phenoxy) is 5. The third-order valence-electron chi connectivity index (χ3n) is 14.2. The maximum absolute atomic E-state index is 12.5. The lowest BCUT2D eigenvalue weighted by Gasteiger charge is -2.64. The molecule has 3 heterocycles. The molecule has 0 amide bonds. The lowest BCUT2D eigenvalue weighted by molar-refractivity contribution is -0.370. The second-order valence-corrected chi connectivity index (χ2v) is 16.3. The van der Waals surface area contributed by atoms with Crippen LogP contribution in [0, 0.1) is 34.5 Å². The minimum atomic E-state index is -1.69. The molecule has 6 fully saturated rings. The molecule has 18 atom stereocenters. The van der Waals surface area contributed by atoms with Crippen LogP contribution in [-0.4, -0.2) is 128 Å². The molecule has 0 bridgehead atoms. The molecule has 0 radical (unpaired) electrons. The lowest BCUT2D eigenvalue weighted by atomic mass is 9.43. The van der Waals surface area contributed by atoms with Gasteiger partial charge in [-0.3, -0.25) is 0 Å². The van der Waals surface area contributed by atoms with Crippen molar-refractivity contribution in [3.63, 3.8) is 0 Å². The first-order valence-electron chi connectivity index (χ1n) is 17.9. The van der Waals surface area contributed by atoms with Crippen LogP contribution in [-0.2, 0) is 28.5 Å². The van der Waals surface area contributed by atoms with E-state index in [-0.39, 0.29) is 34.7 Å². The van der Waals surface area contributed by atoms with E-state index in [0.29, 0.717) is 18.4 Å². The van der Waals surface area contributed by atoms with Gasteiger partial charge in [-0.05, 0) is 99.4 Å². The molecular weight excluding hydrogens is 628 g/mol. The molecule has 48 heavy (non-hydrogen) atoms. The Balaban J connectivity index is 1.04. The van der Waals surface area contributed by atoms with Crippen molar-refractivity contribution >= 4 is 5.97 Å². The summed E-state index contributed by atoms with van der Waals surface area (Å²) >= 11 is 0. The highest BCUT2D eigenvalue weighted by molar-refractivity contribution is 5.85. The summed E-state index contributed by atoms with van der Waals surface area (Å²) in [7, 11) is 0. The number of hydrogen-bond donors (Lipinski definition) is 7. The minimum Gasteiger partial charge on any atom is -0.458 e. The zero-order valence-corrected chi connectivity index (χ0v) is 28.1. The fraction of sp³-hybridized carbons (Fsp3) is 0.914. The molecule has 13 nitrogen and oxygen atoms in total. The number of aliphatic hydroxyl groups excluding tert-OH is 6. The lowest BCUT2D eigenvalue weighted by Crippen LogP contribution is -2.64. The number of fused-ring (bicyclic) bond motifs is 5. The molecule has 2 saturated heterocycles. The van der Waals surface area contributed by atoms with Crippen molar-refractivity contribution in [3.8, 4) is 0 Å². The Morgan fingerprint density at radius 2 is 1.60 bits per heavy atom. The molecule has 7 rings (SSSR count). The zero-order chi connectivity index (χ0) is 34.3. The third kappa shape index (κ3) is 5.42. The van der Waals surface area contributed by atoms with E-state index in [9.17, 15) is 40.5 Å². The normalized spacial score (nSPS) is 55.3. The fourth-order valence-electron chi connectivity index (χ4n) is 11.3. The molecule has 3 aliphatic heterocycles. The number of hydrogen-bond acceptors (Lipinski definition) is 13. The summed E-state index contributed by atoms with van der Waals surface area (Å²) in [5, 5.41) is 74.9. The fourth-order valence-corrected chi connectivity index (χ4v) is 11.3.